The zero-order chi connectivity index (χ0) is 20.8. The molecule has 150 valence electrons. The summed E-state index contributed by atoms with van der Waals surface area (Å²) in [7, 11) is 3.39. The summed E-state index contributed by atoms with van der Waals surface area (Å²) in [5.74, 6) is 0.0957. The van der Waals surface area contributed by atoms with Crippen molar-refractivity contribution in [2.45, 2.75) is 19.5 Å². The van der Waals surface area contributed by atoms with Crippen LogP contribution in [0.1, 0.15) is 22.7 Å². The molecule has 0 fully saturated rings. The van der Waals surface area contributed by atoms with Gasteiger partial charge in [-0.25, -0.2) is 4.39 Å². The predicted molar refractivity (Wildman–Crippen MR) is 113 cm³/mol. The fraction of sp³-hybridized carbons (Fsp3) is 0.208. The van der Waals surface area contributed by atoms with E-state index < -0.39 is 6.04 Å². The minimum absolute atomic E-state index is 0.209. The second kappa shape index (κ2) is 9.34. The quantitative estimate of drug-likeness (QED) is 0.618. The van der Waals surface area contributed by atoms with Crippen LogP contribution in [0.3, 0.4) is 0 Å². The molecule has 1 atom stereocenters. The van der Waals surface area contributed by atoms with Crippen LogP contribution in [0.5, 0.6) is 5.75 Å². The van der Waals surface area contributed by atoms with Crippen molar-refractivity contribution in [3.05, 3.63) is 95.3 Å². The van der Waals surface area contributed by atoms with Gasteiger partial charge in [0.15, 0.2) is 0 Å². The highest BCUT2D eigenvalue weighted by molar-refractivity contribution is 5.96. The number of benzene rings is 3. The molecule has 3 aromatic rings. The Morgan fingerprint density at radius 1 is 1.07 bits per heavy atom. The molecule has 0 unspecified atom stereocenters. The van der Waals surface area contributed by atoms with Crippen LogP contribution in [0.4, 0.5) is 10.1 Å². The van der Waals surface area contributed by atoms with Crippen molar-refractivity contribution in [1.29, 1.82) is 0 Å². The van der Waals surface area contributed by atoms with Crippen molar-refractivity contribution in [2.75, 3.05) is 19.5 Å². The molecule has 0 aliphatic heterocycles. The number of anilines is 1. The van der Waals surface area contributed by atoms with Gasteiger partial charge >= 0.3 is 0 Å². The van der Waals surface area contributed by atoms with Crippen LogP contribution in [-0.4, -0.2) is 25.0 Å². The van der Waals surface area contributed by atoms with Gasteiger partial charge in [-0.2, -0.15) is 0 Å². The molecule has 4 nitrogen and oxygen atoms in total. The SMILES string of the molecule is COc1ccc(C)cc1NC(=O)[C@@H](c1ccccc1)N(C)Cc1ccccc1F. The molecule has 0 heterocycles. The molecular weight excluding hydrogens is 367 g/mol. The van der Waals surface area contributed by atoms with Crippen molar-refractivity contribution in [3.8, 4) is 5.75 Å². The number of ether oxygens (including phenoxy) is 1. The van der Waals surface area contributed by atoms with Crippen molar-refractivity contribution in [2.24, 2.45) is 0 Å². The van der Waals surface area contributed by atoms with Gasteiger partial charge in [0, 0.05) is 12.1 Å². The summed E-state index contributed by atoms with van der Waals surface area (Å²) in [6, 6.07) is 21.1. The van der Waals surface area contributed by atoms with Crippen LogP contribution in [-0.2, 0) is 11.3 Å². The van der Waals surface area contributed by atoms with E-state index in [1.807, 2.05) is 67.4 Å². The molecule has 3 aromatic carbocycles. The molecule has 0 saturated heterocycles. The van der Waals surface area contributed by atoms with E-state index in [1.165, 1.54) is 6.07 Å². The Hall–Kier alpha value is -3.18. The number of hydrogen-bond donors (Lipinski definition) is 1. The third-order valence-electron chi connectivity index (χ3n) is 4.79. The smallest absolute Gasteiger partial charge is 0.246 e. The fourth-order valence-corrected chi connectivity index (χ4v) is 3.35. The van der Waals surface area contributed by atoms with Gasteiger partial charge in [0.1, 0.15) is 17.6 Å². The zero-order valence-electron chi connectivity index (χ0n) is 16.9. The lowest BCUT2D eigenvalue weighted by atomic mass is 10.0. The Morgan fingerprint density at radius 3 is 2.45 bits per heavy atom. The molecule has 0 aliphatic carbocycles. The maximum absolute atomic E-state index is 14.2. The summed E-state index contributed by atoms with van der Waals surface area (Å²) >= 11 is 0. The Bertz CT molecular complexity index is 976. The molecule has 29 heavy (non-hydrogen) atoms. The molecule has 5 heteroatoms. The normalized spacial score (nSPS) is 11.9. The van der Waals surface area contributed by atoms with Crippen molar-refractivity contribution in [3.63, 3.8) is 0 Å². The largest absolute Gasteiger partial charge is 0.495 e. The number of halogens is 1. The molecule has 3 rings (SSSR count). The summed E-state index contributed by atoms with van der Waals surface area (Å²) in [5.41, 5.74) is 2.99. The van der Waals surface area contributed by atoms with Gasteiger partial charge in [0.2, 0.25) is 5.91 Å². The highest BCUT2D eigenvalue weighted by atomic mass is 19.1. The number of hydrogen-bond acceptors (Lipinski definition) is 3. The van der Waals surface area contributed by atoms with Crippen molar-refractivity contribution < 1.29 is 13.9 Å². The molecular formula is C24H25FN2O2. The number of aryl methyl sites for hydroxylation is 1. The molecule has 0 aliphatic rings. The number of carbonyl (C=O) groups is 1. The average molecular weight is 392 g/mol. The van der Waals surface area contributed by atoms with Gasteiger partial charge in [0.25, 0.3) is 0 Å². The first-order valence-electron chi connectivity index (χ1n) is 9.43. The Kier molecular flexibility index (Phi) is 6.62. The maximum atomic E-state index is 14.2. The number of nitrogens with zero attached hydrogens (tertiary/aromatic N) is 1. The summed E-state index contributed by atoms with van der Waals surface area (Å²) in [4.78, 5) is 15.1. The lowest BCUT2D eigenvalue weighted by Gasteiger charge is -2.28. The standard InChI is InChI=1S/C24H25FN2O2/c1-17-13-14-22(29-3)21(15-17)26-24(28)23(18-9-5-4-6-10-18)27(2)16-19-11-7-8-12-20(19)25/h4-15,23H,16H2,1-3H3,(H,26,28)/t23-/m1/s1. The topological polar surface area (TPSA) is 41.6 Å². The van der Waals surface area contributed by atoms with E-state index in [-0.39, 0.29) is 11.7 Å². The summed E-state index contributed by atoms with van der Waals surface area (Å²) in [5, 5.41) is 2.98. The first-order valence-corrected chi connectivity index (χ1v) is 9.43. The summed E-state index contributed by atoms with van der Waals surface area (Å²) < 4.78 is 19.5. The summed E-state index contributed by atoms with van der Waals surface area (Å²) in [6.07, 6.45) is 0. The van der Waals surface area contributed by atoms with Crippen LogP contribution in [0.25, 0.3) is 0 Å². The van der Waals surface area contributed by atoms with Crippen LogP contribution < -0.4 is 10.1 Å². The molecule has 0 saturated carbocycles. The number of amides is 1. The maximum Gasteiger partial charge on any atom is 0.246 e. The van der Waals surface area contributed by atoms with Gasteiger partial charge in [-0.15, -0.1) is 0 Å². The van der Waals surface area contributed by atoms with E-state index in [2.05, 4.69) is 5.32 Å². The Balaban J connectivity index is 1.91. The van der Waals surface area contributed by atoms with E-state index in [0.717, 1.165) is 11.1 Å². The van der Waals surface area contributed by atoms with Crippen LogP contribution >= 0.6 is 0 Å². The van der Waals surface area contributed by atoms with Gasteiger partial charge < -0.3 is 10.1 Å². The average Bonchev–Trinajstić information content (AvgIpc) is 2.71. The number of carbonyl (C=O) groups excluding carboxylic acids is 1. The second-order valence-electron chi connectivity index (χ2n) is 7.01. The molecule has 0 spiro atoms. The summed E-state index contributed by atoms with van der Waals surface area (Å²) in [6.45, 7) is 2.25. The molecule has 1 amide bonds. The van der Waals surface area contributed by atoms with Gasteiger partial charge in [-0.05, 0) is 43.3 Å². The number of methoxy groups -OCH3 is 1. The third kappa shape index (κ3) is 5.00. The molecule has 0 radical (unpaired) electrons. The first kappa shape index (κ1) is 20.6. The predicted octanol–water partition coefficient (Wildman–Crippen LogP) is 4.95. The van der Waals surface area contributed by atoms with E-state index in [1.54, 1.807) is 25.3 Å². The van der Waals surface area contributed by atoms with Crippen LogP contribution in [0.2, 0.25) is 0 Å². The second-order valence-corrected chi connectivity index (χ2v) is 7.01. The lowest BCUT2D eigenvalue weighted by molar-refractivity contribution is -0.121. The molecule has 0 aromatic heterocycles. The monoisotopic (exact) mass is 392 g/mol. The highest BCUT2D eigenvalue weighted by Gasteiger charge is 2.26. The zero-order valence-corrected chi connectivity index (χ0v) is 16.9. The number of rotatable bonds is 7. The van der Waals surface area contributed by atoms with Crippen LogP contribution in [0, 0.1) is 12.7 Å². The fourth-order valence-electron chi connectivity index (χ4n) is 3.35. The van der Waals surface area contributed by atoms with Crippen molar-refractivity contribution in [1.82, 2.24) is 4.90 Å². The Labute approximate surface area is 170 Å². The van der Waals surface area contributed by atoms with Crippen LogP contribution in [0.15, 0.2) is 72.8 Å². The number of likely N-dealkylation sites (N-methyl/N-ethyl adjacent to an activating group) is 1. The molecule has 0 bridgehead atoms. The van der Waals surface area contributed by atoms with E-state index in [9.17, 15) is 9.18 Å². The first-order chi connectivity index (χ1) is 14.0. The van der Waals surface area contributed by atoms with E-state index in [0.29, 0.717) is 23.5 Å². The number of nitrogens with one attached hydrogen (secondary N) is 1. The van der Waals surface area contributed by atoms with Crippen molar-refractivity contribution >= 4 is 11.6 Å². The molecule has 1 N–H and O–H groups in total. The highest BCUT2D eigenvalue weighted by Crippen LogP contribution is 2.29. The third-order valence-corrected chi connectivity index (χ3v) is 4.79. The van der Waals surface area contributed by atoms with E-state index >= 15 is 0 Å². The van der Waals surface area contributed by atoms with E-state index in [4.69, 9.17) is 4.74 Å². The van der Waals surface area contributed by atoms with Gasteiger partial charge in [0.05, 0.1) is 12.8 Å². The Morgan fingerprint density at radius 2 is 1.76 bits per heavy atom. The minimum atomic E-state index is -0.596. The lowest BCUT2D eigenvalue weighted by Crippen LogP contribution is -2.34. The minimum Gasteiger partial charge on any atom is -0.495 e. The van der Waals surface area contributed by atoms with Gasteiger partial charge in [-0.1, -0.05) is 54.6 Å². The van der Waals surface area contributed by atoms with Gasteiger partial charge in [-0.3, -0.25) is 9.69 Å².